The molecule has 17 heavy (non-hydrogen) atoms. The molecule has 2 atom stereocenters. The third-order valence-electron chi connectivity index (χ3n) is 2.75. The quantitative estimate of drug-likeness (QED) is 0.890. The highest BCUT2D eigenvalue weighted by molar-refractivity contribution is 7.99. The molecule has 2 nitrogen and oxygen atoms in total. The highest BCUT2D eigenvalue weighted by atomic mass is 32.2. The van der Waals surface area contributed by atoms with Crippen LogP contribution in [0.1, 0.15) is 24.8 Å². The molecule has 1 N–H and O–H groups in total. The van der Waals surface area contributed by atoms with Crippen LogP contribution in [0.25, 0.3) is 0 Å². The number of hydrogen-bond donors (Lipinski definition) is 1. The predicted molar refractivity (Wildman–Crippen MR) is 58.7 cm³/mol. The number of hydrogen-bond acceptors (Lipinski definition) is 3. The van der Waals surface area contributed by atoms with Crippen molar-refractivity contribution in [1.82, 2.24) is 4.98 Å². The van der Waals surface area contributed by atoms with Gasteiger partial charge in [0.05, 0.1) is 16.7 Å². The molecular weight excluding hydrogens is 251 g/mol. The summed E-state index contributed by atoms with van der Waals surface area (Å²) in [6.07, 6.45) is -1.27. The summed E-state index contributed by atoms with van der Waals surface area (Å²) in [5.41, 5.74) is -0.742. The average molecular weight is 263 g/mol. The standard InChI is InChI=1S/C11H12F3NOS/c12-11(13,14)7-4-5-10(15-6-7)17-9-3-1-2-8(9)16/h4-6,8-9,16H,1-3H2/t8-,9-/m1/s1. The van der Waals surface area contributed by atoms with Gasteiger partial charge in [0.2, 0.25) is 0 Å². The van der Waals surface area contributed by atoms with Crippen LogP contribution in [0.2, 0.25) is 0 Å². The van der Waals surface area contributed by atoms with Gasteiger partial charge in [0, 0.05) is 11.4 Å². The van der Waals surface area contributed by atoms with Gasteiger partial charge >= 0.3 is 6.18 Å². The van der Waals surface area contributed by atoms with Crippen LogP contribution < -0.4 is 0 Å². The molecule has 0 aromatic carbocycles. The molecule has 2 rings (SSSR count). The average Bonchev–Trinajstić information content (AvgIpc) is 2.64. The Morgan fingerprint density at radius 3 is 2.53 bits per heavy atom. The minimum atomic E-state index is -4.34. The van der Waals surface area contributed by atoms with E-state index < -0.39 is 11.7 Å². The summed E-state index contributed by atoms with van der Waals surface area (Å²) in [7, 11) is 0. The number of aliphatic hydroxyl groups excluding tert-OH is 1. The minimum absolute atomic E-state index is 0.0548. The van der Waals surface area contributed by atoms with E-state index in [9.17, 15) is 18.3 Å². The maximum atomic E-state index is 12.3. The van der Waals surface area contributed by atoms with Gasteiger partial charge in [0.15, 0.2) is 0 Å². The summed E-state index contributed by atoms with van der Waals surface area (Å²) in [6, 6.07) is 2.38. The Kier molecular flexibility index (Phi) is 3.63. The lowest BCUT2D eigenvalue weighted by molar-refractivity contribution is -0.137. The number of rotatable bonds is 2. The first-order valence-electron chi connectivity index (χ1n) is 5.35. The fourth-order valence-corrected chi connectivity index (χ4v) is 2.96. The van der Waals surface area contributed by atoms with Crippen LogP contribution in [0.4, 0.5) is 13.2 Å². The lowest BCUT2D eigenvalue weighted by Gasteiger charge is -2.13. The number of nitrogens with zero attached hydrogens (tertiary/aromatic N) is 1. The fraction of sp³-hybridized carbons (Fsp3) is 0.545. The first-order chi connectivity index (χ1) is 7.97. The molecule has 1 aliphatic carbocycles. The fourth-order valence-electron chi connectivity index (χ4n) is 1.82. The van der Waals surface area contributed by atoms with Crippen LogP contribution in [-0.2, 0) is 6.18 Å². The highest BCUT2D eigenvalue weighted by Gasteiger charge is 2.31. The summed E-state index contributed by atoms with van der Waals surface area (Å²) in [6.45, 7) is 0. The third-order valence-corrected chi connectivity index (χ3v) is 4.09. The van der Waals surface area contributed by atoms with Crippen molar-refractivity contribution in [2.24, 2.45) is 0 Å². The molecular formula is C11H12F3NOS. The summed E-state index contributed by atoms with van der Waals surface area (Å²) < 4.78 is 36.9. The van der Waals surface area contributed by atoms with Gasteiger partial charge in [-0.05, 0) is 31.4 Å². The van der Waals surface area contributed by atoms with Gasteiger partial charge in [0.1, 0.15) is 0 Å². The number of halogens is 3. The van der Waals surface area contributed by atoms with Gasteiger partial charge in [0.25, 0.3) is 0 Å². The van der Waals surface area contributed by atoms with E-state index >= 15 is 0 Å². The van der Waals surface area contributed by atoms with E-state index in [2.05, 4.69) is 4.98 Å². The van der Waals surface area contributed by atoms with Crippen molar-refractivity contribution in [2.45, 2.75) is 41.8 Å². The molecule has 0 spiro atoms. The Morgan fingerprint density at radius 2 is 2.06 bits per heavy atom. The molecule has 6 heteroatoms. The van der Waals surface area contributed by atoms with Gasteiger partial charge < -0.3 is 5.11 Å². The molecule has 0 radical (unpaired) electrons. The molecule has 1 saturated carbocycles. The summed E-state index contributed by atoms with van der Waals surface area (Å²) in [5.74, 6) is 0. The van der Waals surface area contributed by atoms with Crippen molar-refractivity contribution in [1.29, 1.82) is 0 Å². The zero-order valence-corrected chi connectivity index (χ0v) is 9.76. The van der Waals surface area contributed by atoms with Crippen molar-refractivity contribution in [2.75, 3.05) is 0 Å². The summed E-state index contributed by atoms with van der Waals surface area (Å²) in [5, 5.41) is 10.2. The molecule has 0 saturated heterocycles. The monoisotopic (exact) mass is 263 g/mol. The van der Waals surface area contributed by atoms with E-state index in [1.165, 1.54) is 17.8 Å². The number of aromatic nitrogens is 1. The molecule has 94 valence electrons. The largest absolute Gasteiger partial charge is 0.417 e. The van der Waals surface area contributed by atoms with Crippen LogP contribution in [0, 0.1) is 0 Å². The maximum Gasteiger partial charge on any atom is 0.417 e. The summed E-state index contributed by atoms with van der Waals surface area (Å²) >= 11 is 1.35. The molecule has 0 amide bonds. The molecule has 0 unspecified atom stereocenters. The first kappa shape index (κ1) is 12.7. The molecule has 1 heterocycles. The van der Waals surface area contributed by atoms with E-state index in [-0.39, 0.29) is 11.4 Å². The smallest absolute Gasteiger partial charge is 0.392 e. The Bertz CT molecular complexity index is 379. The molecule has 0 bridgehead atoms. The van der Waals surface area contributed by atoms with E-state index in [0.29, 0.717) is 5.03 Å². The molecule has 1 fully saturated rings. The number of thioether (sulfide) groups is 1. The number of pyridine rings is 1. The lowest BCUT2D eigenvalue weighted by atomic mass is 10.3. The molecule has 0 aliphatic heterocycles. The predicted octanol–water partition coefficient (Wildman–Crippen LogP) is 3.11. The van der Waals surface area contributed by atoms with Crippen molar-refractivity contribution in [3.8, 4) is 0 Å². The second-order valence-electron chi connectivity index (χ2n) is 4.04. The van der Waals surface area contributed by atoms with Gasteiger partial charge in [-0.2, -0.15) is 13.2 Å². The number of aliphatic hydroxyl groups is 1. The van der Waals surface area contributed by atoms with E-state index in [1.54, 1.807) is 0 Å². The zero-order chi connectivity index (χ0) is 12.5. The van der Waals surface area contributed by atoms with Gasteiger partial charge in [-0.3, -0.25) is 0 Å². The van der Waals surface area contributed by atoms with Crippen molar-refractivity contribution >= 4 is 11.8 Å². The van der Waals surface area contributed by atoms with E-state index in [1.807, 2.05) is 0 Å². The van der Waals surface area contributed by atoms with Crippen LogP contribution in [0.5, 0.6) is 0 Å². The Hall–Kier alpha value is -0.750. The van der Waals surface area contributed by atoms with Gasteiger partial charge in [-0.1, -0.05) is 0 Å². The van der Waals surface area contributed by atoms with Crippen molar-refractivity contribution in [3.05, 3.63) is 23.9 Å². The Morgan fingerprint density at radius 1 is 1.29 bits per heavy atom. The van der Waals surface area contributed by atoms with Gasteiger partial charge in [-0.15, -0.1) is 11.8 Å². The van der Waals surface area contributed by atoms with E-state index in [4.69, 9.17) is 0 Å². The van der Waals surface area contributed by atoms with Crippen molar-refractivity contribution < 1.29 is 18.3 Å². The van der Waals surface area contributed by atoms with Crippen LogP contribution in [-0.4, -0.2) is 21.4 Å². The minimum Gasteiger partial charge on any atom is -0.392 e. The first-order valence-corrected chi connectivity index (χ1v) is 6.23. The molecule has 1 aromatic rings. The Balaban J connectivity index is 2.03. The Labute approximate surface area is 101 Å². The second-order valence-corrected chi connectivity index (χ2v) is 5.30. The zero-order valence-electron chi connectivity index (χ0n) is 8.94. The lowest BCUT2D eigenvalue weighted by Crippen LogP contribution is -2.15. The topological polar surface area (TPSA) is 33.1 Å². The van der Waals surface area contributed by atoms with Crippen LogP contribution >= 0.6 is 11.8 Å². The van der Waals surface area contributed by atoms with Crippen LogP contribution in [0.3, 0.4) is 0 Å². The highest BCUT2D eigenvalue weighted by Crippen LogP contribution is 2.35. The normalized spacial score (nSPS) is 25.2. The molecule has 1 aromatic heterocycles. The van der Waals surface area contributed by atoms with Crippen molar-refractivity contribution in [3.63, 3.8) is 0 Å². The SMILES string of the molecule is O[C@@H]1CCC[C@H]1Sc1ccc(C(F)(F)F)cn1. The van der Waals surface area contributed by atoms with Crippen LogP contribution in [0.15, 0.2) is 23.4 Å². The van der Waals surface area contributed by atoms with E-state index in [0.717, 1.165) is 31.5 Å². The second kappa shape index (κ2) is 4.86. The molecule has 1 aliphatic rings. The summed E-state index contributed by atoms with van der Waals surface area (Å²) in [4.78, 5) is 3.77. The number of alkyl halides is 3. The maximum absolute atomic E-state index is 12.3. The van der Waals surface area contributed by atoms with Gasteiger partial charge in [-0.25, -0.2) is 4.98 Å². The third kappa shape index (κ3) is 3.13.